The van der Waals surface area contributed by atoms with Crippen molar-refractivity contribution in [3.05, 3.63) is 65.1 Å². The number of carbonyl (C=O) groups excluding carboxylic acids is 1. The molecule has 0 spiro atoms. The Labute approximate surface area is 134 Å². The summed E-state index contributed by atoms with van der Waals surface area (Å²) in [7, 11) is 0. The van der Waals surface area contributed by atoms with E-state index in [4.69, 9.17) is 4.74 Å². The summed E-state index contributed by atoms with van der Waals surface area (Å²) in [4.78, 5) is 16.2. The van der Waals surface area contributed by atoms with Crippen LogP contribution < -0.4 is 0 Å². The van der Waals surface area contributed by atoms with E-state index in [2.05, 4.69) is 4.99 Å². The SMILES string of the molecule is CCOC(=O)C1=C(O)C(=Cc2cccc3ccccc23)N=C1C. The average Bonchev–Trinajstić information content (AvgIpc) is 2.82. The Hall–Kier alpha value is -2.88. The number of esters is 1. The molecule has 0 radical (unpaired) electrons. The number of aliphatic hydroxyl groups is 1. The van der Waals surface area contributed by atoms with Gasteiger partial charge in [0.25, 0.3) is 0 Å². The number of ether oxygens (including phenoxy) is 1. The molecule has 1 heterocycles. The third-order valence-corrected chi connectivity index (χ3v) is 3.72. The van der Waals surface area contributed by atoms with Crippen LogP contribution in [0.1, 0.15) is 19.4 Å². The second-order valence-electron chi connectivity index (χ2n) is 5.24. The quantitative estimate of drug-likeness (QED) is 0.871. The molecule has 0 unspecified atom stereocenters. The van der Waals surface area contributed by atoms with Gasteiger partial charge >= 0.3 is 5.97 Å². The number of hydrogen-bond acceptors (Lipinski definition) is 4. The van der Waals surface area contributed by atoms with E-state index >= 15 is 0 Å². The molecule has 2 aromatic carbocycles. The summed E-state index contributed by atoms with van der Waals surface area (Å²) in [6, 6.07) is 13.9. The lowest BCUT2D eigenvalue weighted by molar-refractivity contribution is -0.138. The van der Waals surface area contributed by atoms with Gasteiger partial charge in [-0.05, 0) is 36.3 Å². The first-order valence-corrected chi connectivity index (χ1v) is 7.47. The van der Waals surface area contributed by atoms with Gasteiger partial charge in [-0.2, -0.15) is 0 Å². The van der Waals surface area contributed by atoms with E-state index in [1.165, 1.54) is 0 Å². The van der Waals surface area contributed by atoms with E-state index in [-0.39, 0.29) is 17.9 Å². The number of aliphatic hydroxyl groups excluding tert-OH is 1. The molecule has 0 saturated heterocycles. The summed E-state index contributed by atoms with van der Waals surface area (Å²) in [5.41, 5.74) is 1.92. The fraction of sp³-hybridized carbons (Fsp3) is 0.158. The minimum atomic E-state index is -0.549. The Morgan fingerprint density at radius 3 is 2.74 bits per heavy atom. The van der Waals surface area contributed by atoms with Gasteiger partial charge < -0.3 is 9.84 Å². The standard InChI is InChI=1S/C19H17NO3/c1-3-23-19(22)17-12(2)20-16(18(17)21)11-14-9-6-8-13-7-4-5-10-15(13)14/h4-11,21H,3H2,1-2H3. The Morgan fingerprint density at radius 1 is 1.22 bits per heavy atom. The number of benzene rings is 2. The van der Waals surface area contributed by atoms with Crippen LogP contribution in [-0.2, 0) is 9.53 Å². The van der Waals surface area contributed by atoms with Crippen LogP contribution in [0.4, 0.5) is 0 Å². The van der Waals surface area contributed by atoms with Crippen molar-refractivity contribution in [2.24, 2.45) is 4.99 Å². The highest BCUT2D eigenvalue weighted by molar-refractivity contribution is 6.22. The zero-order valence-electron chi connectivity index (χ0n) is 13.0. The van der Waals surface area contributed by atoms with E-state index in [1.54, 1.807) is 19.9 Å². The number of aliphatic imine (C=N–C) groups is 1. The van der Waals surface area contributed by atoms with Crippen molar-refractivity contribution in [2.75, 3.05) is 6.61 Å². The van der Waals surface area contributed by atoms with Crippen LogP contribution in [0.25, 0.3) is 16.8 Å². The molecule has 1 aliphatic heterocycles. The van der Waals surface area contributed by atoms with Crippen LogP contribution >= 0.6 is 0 Å². The third kappa shape index (κ3) is 2.75. The molecule has 0 aromatic heterocycles. The Morgan fingerprint density at radius 2 is 1.96 bits per heavy atom. The first kappa shape index (κ1) is 15.0. The highest BCUT2D eigenvalue weighted by Crippen LogP contribution is 2.28. The van der Waals surface area contributed by atoms with Crippen molar-refractivity contribution in [3.8, 4) is 0 Å². The summed E-state index contributed by atoms with van der Waals surface area (Å²) >= 11 is 0. The smallest absolute Gasteiger partial charge is 0.343 e. The number of nitrogens with zero attached hydrogens (tertiary/aromatic N) is 1. The van der Waals surface area contributed by atoms with Crippen molar-refractivity contribution in [3.63, 3.8) is 0 Å². The van der Waals surface area contributed by atoms with Crippen LogP contribution in [0, 0.1) is 0 Å². The highest BCUT2D eigenvalue weighted by atomic mass is 16.5. The largest absolute Gasteiger partial charge is 0.505 e. The van der Waals surface area contributed by atoms with Gasteiger partial charge in [0.05, 0.1) is 12.3 Å². The van der Waals surface area contributed by atoms with Crippen molar-refractivity contribution in [1.29, 1.82) is 0 Å². The maximum absolute atomic E-state index is 11.9. The molecule has 0 atom stereocenters. The van der Waals surface area contributed by atoms with Gasteiger partial charge in [0, 0.05) is 0 Å². The van der Waals surface area contributed by atoms with Gasteiger partial charge in [-0.1, -0.05) is 42.5 Å². The lowest BCUT2D eigenvalue weighted by atomic mass is 10.0. The molecular weight excluding hydrogens is 290 g/mol. The highest BCUT2D eigenvalue weighted by Gasteiger charge is 2.27. The lowest BCUT2D eigenvalue weighted by Crippen LogP contribution is -2.13. The van der Waals surface area contributed by atoms with Crippen molar-refractivity contribution < 1.29 is 14.6 Å². The van der Waals surface area contributed by atoms with Crippen LogP contribution in [-0.4, -0.2) is 23.4 Å². The van der Waals surface area contributed by atoms with Gasteiger partial charge in [0.1, 0.15) is 11.3 Å². The number of hydrogen-bond donors (Lipinski definition) is 1. The molecule has 4 nitrogen and oxygen atoms in total. The van der Waals surface area contributed by atoms with Gasteiger partial charge in [-0.25, -0.2) is 9.79 Å². The predicted octanol–water partition coefficient (Wildman–Crippen LogP) is 4.03. The Kier molecular flexibility index (Phi) is 3.98. The third-order valence-electron chi connectivity index (χ3n) is 3.72. The Balaban J connectivity index is 2.08. The van der Waals surface area contributed by atoms with Crippen molar-refractivity contribution >= 4 is 28.5 Å². The van der Waals surface area contributed by atoms with Crippen molar-refractivity contribution in [2.45, 2.75) is 13.8 Å². The van der Waals surface area contributed by atoms with Crippen LogP contribution in [0.15, 0.2) is 64.5 Å². The van der Waals surface area contributed by atoms with Crippen molar-refractivity contribution in [1.82, 2.24) is 0 Å². The molecular formula is C19H17NO3. The second-order valence-corrected chi connectivity index (χ2v) is 5.24. The molecule has 0 aliphatic carbocycles. The lowest BCUT2D eigenvalue weighted by Gasteiger charge is -2.04. The monoisotopic (exact) mass is 307 g/mol. The molecule has 3 rings (SSSR count). The summed E-state index contributed by atoms with van der Waals surface area (Å²) < 4.78 is 4.97. The molecule has 116 valence electrons. The summed E-state index contributed by atoms with van der Waals surface area (Å²) in [5, 5.41) is 12.5. The van der Waals surface area contributed by atoms with Gasteiger partial charge in [-0.15, -0.1) is 0 Å². The van der Waals surface area contributed by atoms with E-state index in [0.29, 0.717) is 11.4 Å². The molecule has 23 heavy (non-hydrogen) atoms. The molecule has 1 aliphatic rings. The minimum Gasteiger partial charge on any atom is -0.505 e. The second kappa shape index (κ2) is 6.08. The molecule has 0 amide bonds. The van der Waals surface area contributed by atoms with Crippen LogP contribution in [0.5, 0.6) is 0 Å². The molecule has 0 saturated carbocycles. The Bertz CT molecular complexity index is 870. The van der Waals surface area contributed by atoms with E-state index in [9.17, 15) is 9.90 Å². The summed E-state index contributed by atoms with van der Waals surface area (Å²) in [6.45, 7) is 3.67. The number of carbonyl (C=O) groups is 1. The van der Waals surface area contributed by atoms with E-state index in [0.717, 1.165) is 16.3 Å². The van der Waals surface area contributed by atoms with Gasteiger partial charge in [0.15, 0.2) is 5.76 Å². The molecule has 0 bridgehead atoms. The number of rotatable bonds is 3. The first-order valence-electron chi connectivity index (χ1n) is 7.47. The number of fused-ring (bicyclic) bond motifs is 1. The first-order chi connectivity index (χ1) is 11.1. The molecule has 0 fully saturated rings. The maximum Gasteiger partial charge on any atom is 0.343 e. The van der Waals surface area contributed by atoms with Crippen LogP contribution in [0.2, 0.25) is 0 Å². The van der Waals surface area contributed by atoms with E-state index < -0.39 is 5.97 Å². The molecule has 2 aromatic rings. The molecule has 1 N–H and O–H groups in total. The fourth-order valence-electron chi connectivity index (χ4n) is 2.66. The topological polar surface area (TPSA) is 58.9 Å². The summed E-state index contributed by atoms with van der Waals surface area (Å²) in [6.07, 6.45) is 1.79. The normalized spacial score (nSPS) is 16.1. The average molecular weight is 307 g/mol. The molecule has 4 heteroatoms. The summed E-state index contributed by atoms with van der Waals surface area (Å²) in [5.74, 6) is -0.679. The van der Waals surface area contributed by atoms with Crippen LogP contribution in [0.3, 0.4) is 0 Å². The van der Waals surface area contributed by atoms with E-state index in [1.807, 2.05) is 42.5 Å². The fourth-order valence-corrected chi connectivity index (χ4v) is 2.66. The van der Waals surface area contributed by atoms with Gasteiger partial charge in [0.2, 0.25) is 0 Å². The van der Waals surface area contributed by atoms with Gasteiger partial charge in [-0.3, -0.25) is 0 Å². The predicted molar refractivity (Wildman–Crippen MR) is 91.3 cm³/mol. The zero-order valence-corrected chi connectivity index (χ0v) is 13.0. The minimum absolute atomic E-state index is 0.131. The maximum atomic E-state index is 11.9. The zero-order chi connectivity index (χ0) is 16.4.